The summed E-state index contributed by atoms with van der Waals surface area (Å²) in [6, 6.07) is 0. The van der Waals surface area contributed by atoms with Crippen molar-refractivity contribution >= 4 is 11.8 Å². The Bertz CT molecular complexity index is 273. The van der Waals surface area contributed by atoms with Crippen molar-refractivity contribution in [2.75, 3.05) is 0 Å². The van der Waals surface area contributed by atoms with Crippen LogP contribution < -0.4 is 0 Å². The van der Waals surface area contributed by atoms with Crippen LogP contribution in [0, 0.1) is 0 Å². The smallest absolute Gasteiger partial charge is 0.307 e. The number of esters is 1. The van der Waals surface area contributed by atoms with Crippen LogP contribution in [0.25, 0.3) is 0 Å². The van der Waals surface area contributed by atoms with Gasteiger partial charge in [0.05, 0.1) is 0 Å². The van der Waals surface area contributed by atoms with E-state index in [0.717, 1.165) is 0 Å². The first-order valence-electron chi connectivity index (χ1n) is 3.72. The summed E-state index contributed by atoms with van der Waals surface area (Å²) in [5.41, 5.74) is 0.584. The highest BCUT2D eigenvalue weighted by molar-refractivity contribution is 6.05. The summed E-state index contributed by atoms with van der Waals surface area (Å²) in [6.45, 7) is 4.67. The van der Waals surface area contributed by atoms with Crippen LogP contribution >= 0.6 is 0 Å². The van der Waals surface area contributed by atoms with Crippen molar-refractivity contribution in [1.82, 2.24) is 0 Å². The first-order chi connectivity index (χ1) is 5.65. The number of hydrogen-bond acceptors (Lipinski definition) is 3. The Hall–Kier alpha value is -1.38. The number of ether oxygens (including phenoxy) is 1. The monoisotopic (exact) mass is 166 g/mol. The van der Waals surface area contributed by atoms with Gasteiger partial charge >= 0.3 is 5.97 Å². The SMILES string of the molecule is C=CC(=O)C1=C(OC(C)=O)CC1. The largest absolute Gasteiger partial charge is 0.431 e. The molecule has 0 heterocycles. The zero-order valence-electron chi connectivity index (χ0n) is 6.92. The third-order valence-electron chi connectivity index (χ3n) is 1.69. The van der Waals surface area contributed by atoms with Crippen molar-refractivity contribution in [3.8, 4) is 0 Å². The van der Waals surface area contributed by atoms with E-state index < -0.39 is 0 Å². The Morgan fingerprint density at radius 3 is 2.50 bits per heavy atom. The third kappa shape index (κ3) is 1.61. The van der Waals surface area contributed by atoms with Crippen molar-refractivity contribution in [2.45, 2.75) is 19.8 Å². The number of carbonyl (C=O) groups excluding carboxylic acids is 2. The summed E-state index contributed by atoms with van der Waals surface area (Å²) in [4.78, 5) is 21.5. The minimum Gasteiger partial charge on any atom is -0.431 e. The molecule has 0 saturated carbocycles. The Balaban J connectivity index is 2.71. The lowest BCUT2D eigenvalue weighted by molar-refractivity contribution is -0.137. The first-order valence-corrected chi connectivity index (χ1v) is 3.72. The summed E-state index contributed by atoms with van der Waals surface area (Å²) < 4.78 is 4.79. The van der Waals surface area contributed by atoms with Crippen molar-refractivity contribution in [3.05, 3.63) is 24.0 Å². The molecule has 1 aliphatic rings. The van der Waals surface area contributed by atoms with Crippen LogP contribution in [-0.2, 0) is 14.3 Å². The first kappa shape index (κ1) is 8.71. The molecule has 0 amide bonds. The number of rotatable bonds is 3. The van der Waals surface area contributed by atoms with Gasteiger partial charge < -0.3 is 4.74 Å². The zero-order chi connectivity index (χ0) is 9.14. The second kappa shape index (κ2) is 3.34. The van der Waals surface area contributed by atoms with E-state index in [9.17, 15) is 9.59 Å². The molecule has 0 atom stereocenters. The van der Waals surface area contributed by atoms with Gasteiger partial charge in [0, 0.05) is 18.9 Å². The van der Waals surface area contributed by atoms with Crippen molar-refractivity contribution in [3.63, 3.8) is 0 Å². The van der Waals surface area contributed by atoms with Crippen LogP contribution in [0.5, 0.6) is 0 Å². The van der Waals surface area contributed by atoms with E-state index >= 15 is 0 Å². The molecule has 0 aromatic heterocycles. The molecule has 0 N–H and O–H groups in total. The van der Waals surface area contributed by atoms with Crippen LogP contribution in [0.4, 0.5) is 0 Å². The maximum Gasteiger partial charge on any atom is 0.307 e. The highest BCUT2D eigenvalue weighted by atomic mass is 16.5. The van der Waals surface area contributed by atoms with Crippen LogP contribution in [0.15, 0.2) is 24.0 Å². The van der Waals surface area contributed by atoms with Crippen molar-refractivity contribution in [2.24, 2.45) is 0 Å². The van der Waals surface area contributed by atoms with Crippen LogP contribution in [-0.4, -0.2) is 11.8 Å². The van der Waals surface area contributed by atoms with Crippen LogP contribution in [0.3, 0.4) is 0 Å². The van der Waals surface area contributed by atoms with Crippen LogP contribution in [0.2, 0.25) is 0 Å². The Labute approximate surface area is 70.7 Å². The van der Waals surface area contributed by atoms with E-state index in [2.05, 4.69) is 6.58 Å². The molecule has 0 aromatic carbocycles. The lowest BCUT2D eigenvalue weighted by Crippen LogP contribution is -2.15. The maximum atomic E-state index is 11.0. The molecule has 0 aliphatic heterocycles. The molecule has 0 spiro atoms. The summed E-state index contributed by atoms with van der Waals surface area (Å²) in [7, 11) is 0. The zero-order valence-corrected chi connectivity index (χ0v) is 6.92. The molecule has 12 heavy (non-hydrogen) atoms. The summed E-state index contributed by atoms with van der Waals surface area (Å²) in [5.74, 6) is -0.0102. The average molecular weight is 166 g/mol. The lowest BCUT2D eigenvalue weighted by Gasteiger charge is -2.19. The molecule has 1 rings (SSSR count). The minimum absolute atomic E-state index is 0.141. The maximum absolute atomic E-state index is 11.0. The van der Waals surface area contributed by atoms with E-state index in [0.29, 0.717) is 24.2 Å². The predicted octanol–water partition coefficient (Wildman–Crippen LogP) is 1.35. The Kier molecular flexibility index (Phi) is 2.43. The standard InChI is InChI=1S/C9H10O3/c1-3-8(11)7-4-5-9(7)12-6(2)10/h3H,1,4-5H2,2H3. The highest BCUT2D eigenvalue weighted by Crippen LogP contribution is 2.29. The normalized spacial score (nSPS) is 15.1. The van der Waals surface area contributed by atoms with E-state index in [1.165, 1.54) is 13.0 Å². The topological polar surface area (TPSA) is 43.4 Å². The fraction of sp³-hybridized carbons (Fsp3) is 0.333. The van der Waals surface area contributed by atoms with Crippen molar-refractivity contribution in [1.29, 1.82) is 0 Å². The second-order valence-corrected chi connectivity index (χ2v) is 2.56. The van der Waals surface area contributed by atoms with Gasteiger partial charge in [-0.15, -0.1) is 0 Å². The van der Waals surface area contributed by atoms with E-state index in [1.54, 1.807) is 0 Å². The van der Waals surface area contributed by atoms with Gasteiger partial charge in [-0.1, -0.05) is 6.58 Å². The predicted molar refractivity (Wildman–Crippen MR) is 43.2 cm³/mol. The molecule has 0 aromatic rings. The molecule has 3 heteroatoms. The Morgan fingerprint density at radius 1 is 1.50 bits per heavy atom. The molecule has 3 nitrogen and oxygen atoms in total. The van der Waals surface area contributed by atoms with Gasteiger partial charge in [0.1, 0.15) is 5.76 Å². The summed E-state index contributed by atoms with van der Waals surface area (Å²) in [6.07, 6.45) is 2.60. The third-order valence-corrected chi connectivity index (χ3v) is 1.69. The fourth-order valence-electron chi connectivity index (χ4n) is 1.02. The van der Waals surface area contributed by atoms with Gasteiger partial charge in [-0.05, 0) is 12.5 Å². The van der Waals surface area contributed by atoms with Gasteiger partial charge in [0.25, 0.3) is 0 Å². The molecule has 1 aliphatic carbocycles. The van der Waals surface area contributed by atoms with E-state index in [-0.39, 0.29) is 11.8 Å². The molecule has 0 bridgehead atoms. The summed E-state index contributed by atoms with van der Waals surface area (Å²) in [5, 5.41) is 0. The molecule has 64 valence electrons. The van der Waals surface area contributed by atoms with Gasteiger partial charge in [-0.25, -0.2) is 0 Å². The van der Waals surface area contributed by atoms with Gasteiger partial charge in [0.2, 0.25) is 0 Å². The molecular weight excluding hydrogens is 156 g/mol. The Morgan fingerprint density at radius 2 is 2.17 bits per heavy atom. The molecule has 0 radical (unpaired) electrons. The van der Waals surface area contributed by atoms with E-state index in [1.807, 2.05) is 0 Å². The minimum atomic E-state index is -0.376. The molecule has 0 fully saturated rings. The van der Waals surface area contributed by atoms with Crippen molar-refractivity contribution < 1.29 is 14.3 Å². The second-order valence-electron chi connectivity index (χ2n) is 2.56. The van der Waals surface area contributed by atoms with Gasteiger partial charge in [-0.2, -0.15) is 0 Å². The van der Waals surface area contributed by atoms with E-state index in [4.69, 9.17) is 4.74 Å². The number of carbonyl (C=O) groups is 2. The number of allylic oxidation sites excluding steroid dienone is 3. The number of ketones is 1. The van der Waals surface area contributed by atoms with Gasteiger partial charge in [0.15, 0.2) is 5.78 Å². The molecule has 0 saturated heterocycles. The molecular formula is C9H10O3. The lowest BCUT2D eigenvalue weighted by atomic mass is 9.92. The van der Waals surface area contributed by atoms with Crippen LogP contribution in [0.1, 0.15) is 19.8 Å². The molecule has 0 unspecified atom stereocenters. The highest BCUT2D eigenvalue weighted by Gasteiger charge is 2.24. The number of hydrogen-bond donors (Lipinski definition) is 0. The van der Waals surface area contributed by atoms with Gasteiger partial charge in [-0.3, -0.25) is 9.59 Å². The quantitative estimate of drug-likeness (QED) is 0.469. The fourth-order valence-corrected chi connectivity index (χ4v) is 1.02. The summed E-state index contributed by atoms with van der Waals surface area (Å²) >= 11 is 0. The average Bonchev–Trinajstić information content (AvgIpc) is 1.98.